The van der Waals surface area contributed by atoms with Gasteiger partial charge in [-0.15, -0.1) is 0 Å². The van der Waals surface area contributed by atoms with Crippen LogP contribution in [0.1, 0.15) is 127 Å². The molecular weight excluding hydrogens is 434 g/mol. The fourth-order valence-corrected chi connectivity index (χ4v) is 6.94. The Morgan fingerprint density at radius 1 is 1.11 bits per heavy atom. The second kappa shape index (κ2) is 13.3. The lowest BCUT2D eigenvalue weighted by molar-refractivity contribution is -0.0199. The summed E-state index contributed by atoms with van der Waals surface area (Å²) in [5.74, 6) is 0.795. The molecule has 1 saturated carbocycles. The van der Waals surface area contributed by atoms with Gasteiger partial charge in [-0.3, -0.25) is 4.90 Å². The van der Waals surface area contributed by atoms with Crippen LogP contribution in [0, 0.1) is 17.8 Å². The van der Waals surface area contributed by atoms with E-state index in [-0.39, 0.29) is 0 Å². The summed E-state index contributed by atoms with van der Waals surface area (Å²) < 4.78 is 0. The third-order valence-electron chi connectivity index (χ3n) is 9.64. The Hall–Kier alpha value is -1.60. The van der Waals surface area contributed by atoms with Crippen LogP contribution >= 0.6 is 0 Å². The van der Waals surface area contributed by atoms with Crippen LogP contribution in [0.4, 0.5) is 0 Å². The minimum absolute atomic E-state index is 0.565. The van der Waals surface area contributed by atoms with Gasteiger partial charge in [0.05, 0.1) is 0 Å². The highest BCUT2D eigenvalue weighted by Crippen LogP contribution is 2.45. The van der Waals surface area contributed by atoms with E-state index in [1.165, 1.54) is 94.0 Å². The van der Waals surface area contributed by atoms with Crippen molar-refractivity contribution in [3.05, 3.63) is 70.8 Å². The summed E-state index contributed by atoms with van der Waals surface area (Å²) in [4.78, 5) is 2.72. The molecule has 0 bridgehead atoms. The van der Waals surface area contributed by atoms with Gasteiger partial charge in [0.1, 0.15) is 0 Å². The second-order valence-electron chi connectivity index (χ2n) is 12.3. The van der Waals surface area contributed by atoms with Gasteiger partial charge in [0, 0.05) is 19.6 Å². The van der Waals surface area contributed by atoms with Crippen LogP contribution in [0.15, 0.2) is 48.6 Å². The Morgan fingerprint density at radius 2 is 1.83 bits per heavy atom. The normalized spacial score (nSPS) is 18.6. The molecule has 0 atom stereocenters. The molecule has 36 heavy (non-hydrogen) atoms. The number of nitrogens with zero attached hydrogens (tertiary/aromatic N) is 1. The number of hydrogen-bond acceptors (Lipinski definition) is 1. The molecule has 0 aromatic heterocycles. The molecule has 0 spiro atoms. The highest BCUT2D eigenvalue weighted by molar-refractivity contribution is 5.44. The molecule has 3 rings (SSSR count). The zero-order chi connectivity index (χ0) is 26.2. The molecule has 1 aromatic carbocycles. The molecule has 0 radical (unpaired) electrons. The maximum Gasteiger partial charge on any atom is 0.0234 e. The first-order valence-electron chi connectivity index (χ1n) is 15.1. The zero-order valence-corrected chi connectivity index (χ0v) is 24.6. The van der Waals surface area contributed by atoms with Crippen LogP contribution in [0.3, 0.4) is 0 Å². The summed E-state index contributed by atoms with van der Waals surface area (Å²) in [6.07, 6.45) is 23.3. The van der Waals surface area contributed by atoms with E-state index in [2.05, 4.69) is 83.4 Å². The number of hydrogen-bond donors (Lipinski definition) is 0. The third-order valence-corrected chi connectivity index (χ3v) is 9.64. The van der Waals surface area contributed by atoms with Gasteiger partial charge in [-0.25, -0.2) is 0 Å². The van der Waals surface area contributed by atoms with Crippen molar-refractivity contribution >= 4 is 0 Å². The standard InChI is InChI=1S/C35H55N/c1-8-15-28(6)16-13-17-32-29(7)23-30(24-33(32)31-18-19-31)25-36-26-35(12-5,27-36)22-14-21-34(10-3,11-4)20-9-2/h8,13,15-16,23-24,31H,1,9-12,14,17-22,25-27H2,2-7H3/b16-13-,28-15-. The molecule has 1 heterocycles. The number of rotatable bonds is 16. The monoisotopic (exact) mass is 489 g/mol. The lowest BCUT2D eigenvalue weighted by Gasteiger charge is -2.51. The highest BCUT2D eigenvalue weighted by atomic mass is 15.2. The Labute approximate surface area is 224 Å². The Morgan fingerprint density at radius 3 is 2.42 bits per heavy atom. The van der Waals surface area contributed by atoms with Gasteiger partial charge in [0.25, 0.3) is 0 Å². The number of likely N-dealkylation sites (tertiary alicyclic amines) is 1. The molecule has 0 N–H and O–H groups in total. The first-order chi connectivity index (χ1) is 17.3. The van der Waals surface area contributed by atoms with E-state index in [9.17, 15) is 0 Å². The van der Waals surface area contributed by atoms with Crippen LogP contribution in [-0.4, -0.2) is 18.0 Å². The lowest BCUT2D eigenvalue weighted by atomic mass is 9.69. The zero-order valence-electron chi connectivity index (χ0n) is 24.6. The maximum absolute atomic E-state index is 3.81. The van der Waals surface area contributed by atoms with E-state index in [1.807, 2.05) is 6.08 Å². The van der Waals surface area contributed by atoms with E-state index in [0.717, 1.165) is 18.9 Å². The van der Waals surface area contributed by atoms with Crippen LogP contribution in [0.2, 0.25) is 0 Å². The quantitative estimate of drug-likeness (QED) is 0.209. The fourth-order valence-electron chi connectivity index (χ4n) is 6.94. The second-order valence-corrected chi connectivity index (χ2v) is 12.3. The predicted molar refractivity (Wildman–Crippen MR) is 160 cm³/mol. The average molecular weight is 490 g/mol. The summed E-state index contributed by atoms with van der Waals surface area (Å²) in [6, 6.07) is 5.04. The van der Waals surface area contributed by atoms with Crippen LogP contribution in [0.5, 0.6) is 0 Å². The van der Waals surface area contributed by atoms with Crippen molar-refractivity contribution in [3.63, 3.8) is 0 Å². The van der Waals surface area contributed by atoms with E-state index in [0.29, 0.717) is 10.8 Å². The van der Waals surface area contributed by atoms with Crippen LogP contribution in [0.25, 0.3) is 0 Å². The maximum atomic E-state index is 3.81. The molecule has 1 aliphatic heterocycles. The molecule has 0 unspecified atom stereocenters. The molecule has 200 valence electrons. The number of allylic oxidation sites excluding steroid dienone is 5. The van der Waals surface area contributed by atoms with Gasteiger partial charge in [-0.1, -0.05) is 102 Å². The van der Waals surface area contributed by atoms with Gasteiger partial charge >= 0.3 is 0 Å². The molecule has 1 aliphatic carbocycles. The fraction of sp³-hybridized carbons (Fsp3) is 0.657. The van der Waals surface area contributed by atoms with Gasteiger partial charge in [-0.05, 0) is 97.8 Å². The summed E-state index contributed by atoms with van der Waals surface area (Å²) in [5.41, 5.74) is 8.65. The van der Waals surface area contributed by atoms with Crippen molar-refractivity contribution in [2.45, 2.75) is 125 Å². The van der Waals surface area contributed by atoms with Crippen molar-refractivity contribution < 1.29 is 0 Å². The lowest BCUT2D eigenvalue weighted by Crippen LogP contribution is -2.55. The van der Waals surface area contributed by atoms with E-state index in [1.54, 1.807) is 11.1 Å². The van der Waals surface area contributed by atoms with Gasteiger partial charge in [-0.2, -0.15) is 0 Å². The molecule has 1 heteroatoms. The van der Waals surface area contributed by atoms with Crippen LogP contribution in [-0.2, 0) is 13.0 Å². The molecule has 1 aromatic rings. The van der Waals surface area contributed by atoms with Crippen molar-refractivity contribution in [2.24, 2.45) is 10.8 Å². The molecule has 2 fully saturated rings. The number of aryl methyl sites for hydroxylation is 1. The highest BCUT2D eigenvalue weighted by Gasteiger charge is 2.41. The first kappa shape index (κ1) is 29.0. The minimum Gasteiger partial charge on any atom is -0.298 e. The predicted octanol–water partition coefficient (Wildman–Crippen LogP) is 10.1. The molecule has 1 nitrogen and oxygen atoms in total. The molecule has 1 saturated heterocycles. The largest absolute Gasteiger partial charge is 0.298 e. The summed E-state index contributed by atoms with van der Waals surface area (Å²) >= 11 is 0. The van der Waals surface area contributed by atoms with Gasteiger partial charge < -0.3 is 0 Å². The van der Waals surface area contributed by atoms with Crippen molar-refractivity contribution in [1.29, 1.82) is 0 Å². The Kier molecular flexibility index (Phi) is 10.7. The topological polar surface area (TPSA) is 3.24 Å². The first-order valence-corrected chi connectivity index (χ1v) is 15.1. The van der Waals surface area contributed by atoms with Crippen LogP contribution < -0.4 is 0 Å². The SMILES string of the molecule is C=C/C=C(C)\C=C/Cc1c(C)cc(CN2CC(CC)(CCCC(CC)(CC)CCC)C2)cc1C1CC1. The average Bonchev–Trinajstić information content (AvgIpc) is 3.68. The molecule has 0 amide bonds. The third kappa shape index (κ3) is 7.47. The smallest absolute Gasteiger partial charge is 0.0234 e. The van der Waals surface area contributed by atoms with Crippen molar-refractivity contribution in [1.82, 2.24) is 4.90 Å². The number of benzene rings is 1. The van der Waals surface area contributed by atoms with E-state index in [4.69, 9.17) is 0 Å². The van der Waals surface area contributed by atoms with Gasteiger partial charge in [0.2, 0.25) is 0 Å². The summed E-state index contributed by atoms with van der Waals surface area (Å²) in [7, 11) is 0. The minimum atomic E-state index is 0.565. The van der Waals surface area contributed by atoms with E-state index < -0.39 is 0 Å². The van der Waals surface area contributed by atoms with E-state index >= 15 is 0 Å². The molecular formula is C35H55N. The van der Waals surface area contributed by atoms with Crippen molar-refractivity contribution in [3.8, 4) is 0 Å². The Bertz CT molecular complexity index is 903. The van der Waals surface area contributed by atoms with Crippen molar-refractivity contribution in [2.75, 3.05) is 13.1 Å². The van der Waals surface area contributed by atoms with Gasteiger partial charge in [0.15, 0.2) is 0 Å². The molecule has 2 aliphatic rings. The Balaban J connectivity index is 1.59. The summed E-state index contributed by atoms with van der Waals surface area (Å²) in [6.45, 7) is 21.6. The summed E-state index contributed by atoms with van der Waals surface area (Å²) in [5, 5.41) is 0.